The van der Waals surface area contributed by atoms with E-state index in [1.165, 1.54) is 36.8 Å². The molecule has 4 rings (SSSR count). The van der Waals surface area contributed by atoms with Crippen molar-refractivity contribution in [2.24, 2.45) is 5.92 Å². The fourth-order valence-electron chi connectivity index (χ4n) is 4.55. The third-order valence-electron chi connectivity index (χ3n) is 5.73. The van der Waals surface area contributed by atoms with Crippen LogP contribution in [0.15, 0.2) is 53.0 Å². The van der Waals surface area contributed by atoms with Crippen molar-refractivity contribution in [3.63, 3.8) is 0 Å². The third kappa shape index (κ3) is 3.58. The topological polar surface area (TPSA) is 32.3 Å². The Bertz CT molecular complexity index is 792. The van der Waals surface area contributed by atoms with Crippen LogP contribution in [-0.4, -0.2) is 23.4 Å². The number of carbonyl (C=O) groups is 1. The molecule has 1 aliphatic carbocycles. The van der Waals surface area contributed by atoms with Crippen LogP contribution in [-0.2, 0) is 4.79 Å². The van der Waals surface area contributed by atoms with Gasteiger partial charge in [0.25, 0.3) is 0 Å². The molecule has 1 amide bonds. The van der Waals surface area contributed by atoms with E-state index in [0.29, 0.717) is 12.6 Å². The molecule has 1 saturated carbocycles. The molecule has 2 aromatic carbocycles. The number of nitrogens with zero attached hydrogens (tertiary/aromatic N) is 1. The van der Waals surface area contributed by atoms with Gasteiger partial charge in [-0.1, -0.05) is 66.0 Å². The molecule has 2 aromatic rings. The molecule has 1 fully saturated rings. The van der Waals surface area contributed by atoms with Crippen LogP contribution in [0.4, 0.5) is 5.69 Å². The predicted molar refractivity (Wildman–Crippen MR) is 109 cm³/mol. The lowest BCUT2D eigenvalue weighted by Crippen LogP contribution is -2.43. The lowest BCUT2D eigenvalue weighted by Gasteiger charge is -2.40. The Balaban J connectivity index is 1.83. The van der Waals surface area contributed by atoms with E-state index in [0.717, 1.165) is 16.1 Å². The number of rotatable bonds is 2. The van der Waals surface area contributed by atoms with Crippen LogP contribution in [0, 0.1) is 5.92 Å². The van der Waals surface area contributed by atoms with E-state index in [2.05, 4.69) is 69.5 Å². The van der Waals surface area contributed by atoms with E-state index in [1.807, 2.05) is 12.1 Å². The van der Waals surface area contributed by atoms with Crippen molar-refractivity contribution in [1.82, 2.24) is 4.90 Å². The highest BCUT2D eigenvalue weighted by Gasteiger charge is 2.36. The summed E-state index contributed by atoms with van der Waals surface area (Å²) in [5.41, 5.74) is 3.36. The molecule has 3 unspecified atom stereocenters. The lowest BCUT2D eigenvalue weighted by molar-refractivity contribution is -0.118. The second kappa shape index (κ2) is 7.53. The predicted octanol–water partition coefficient (Wildman–Crippen LogP) is 5.37. The molecule has 0 aromatic heterocycles. The zero-order chi connectivity index (χ0) is 18.1. The highest BCUT2D eigenvalue weighted by Crippen LogP contribution is 2.41. The molecule has 26 heavy (non-hydrogen) atoms. The van der Waals surface area contributed by atoms with Gasteiger partial charge in [0.1, 0.15) is 0 Å². The van der Waals surface area contributed by atoms with Gasteiger partial charge in [0.05, 0.1) is 12.6 Å². The number of benzene rings is 2. The first-order valence-corrected chi connectivity index (χ1v) is 10.3. The van der Waals surface area contributed by atoms with Crippen LogP contribution in [0.3, 0.4) is 0 Å². The minimum Gasteiger partial charge on any atom is -0.325 e. The van der Waals surface area contributed by atoms with E-state index >= 15 is 0 Å². The summed E-state index contributed by atoms with van der Waals surface area (Å²) in [6, 6.07) is 17.3. The van der Waals surface area contributed by atoms with Crippen LogP contribution in [0.2, 0.25) is 0 Å². The van der Waals surface area contributed by atoms with Crippen LogP contribution >= 0.6 is 15.9 Å². The van der Waals surface area contributed by atoms with Gasteiger partial charge in [-0.05, 0) is 48.1 Å². The van der Waals surface area contributed by atoms with E-state index in [4.69, 9.17) is 0 Å². The van der Waals surface area contributed by atoms with Crippen LogP contribution < -0.4 is 5.32 Å². The average molecular weight is 413 g/mol. The summed E-state index contributed by atoms with van der Waals surface area (Å²) >= 11 is 3.63. The number of fused-ring (bicyclic) bond motifs is 1. The van der Waals surface area contributed by atoms with Gasteiger partial charge in [0, 0.05) is 16.2 Å². The zero-order valence-electron chi connectivity index (χ0n) is 15.1. The second-order valence-corrected chi connectivity index (χ2v) is 8.61. The average Bonchev–Trinajstić information content (AvgIpc) is 2.78. The molecule has 0 bridgehead atoms. The Labute approximate surface area is 163 Å². The maximum absolute atomic E-state index is 12.7. The summed E-state index contributed by atoms with van der Waals surface area (Å²) in [7, 11) is 0. The highest BCUT2D eigenvalue weighted by molar-refractivity contribution is 9.10. The monoisotopic (exact) mass is 412 g/mol. The molecule has 1 heterocycles. The van der Waals surface area contributed by atoms with E-state index in [-0.39, 0.29) is 11.9 Å². The fourth-order valence-corrected chi connectivity index (χ4v) is 4.93. The van der Waals surface area contributed by atoms with Gasteiger partial charge < -0.3 is 5.32 Å². The van der Waals surface area contributed by atoms with Gasteiger partial charge >= 0.3 is 0 Å². The molecular weight excluding hydrogens is 388 g/mol. The first-order chi connectivity index (χ1) is 12.6. The smallest absolute Gasteiger partial charge is 0.238 e. The Kier molecular flexibility index (Phi) is 5.14. The summed E-state index contributed by atoms with van der Waals surface area (Å²) in [6.45, 7) is 2.79. The van der Waals surface area contributed by atoms with Crippen molar-refractivity contribution in [2.75, 3.05) is 11.9 Å². The lowest BCUT2D eigenvalue weighted by atomic mass is 9.84. The number of carbonyl (C=O) groups excluding carboxylic acids is 1. The standard InChI is InChI=1S/C22H25BrN2O/c1-15-6-5-9-18(12-15)25-14-21(26)24-20-11-10-17(23)13-19(20)22(25)16-7-3-2-4-8-16/h2-4,7-8,10-11,13,15,18,22H,5-6,9,12,14H2,1H3,(H,24,26). The molecule has 1 aliphatic heterocycles. The molecule has 2 aliphatic rings. The van der Waals surface area contributed by atoms with Crippen molar-refractivity contribution in [3.05, 3.63) is 64.1 Å². The van der Waals surface area contributed by atoms with E-state index in [9.17, 15) is 4.79 Å². The van der Waals surface area contributed by atoms with Gasteiger partial charge in [-0.25, -0.2) is 0 Å². The van der Waals surface area contributed by atoms with Crippen LogP contribution in [0.25, 0.3) is 0 Å². The normalized spacial score (nSPS) is 26.7. The number of nitrogens with one attached hydrogen (secondary N) is 1. The fraction of sp³-hybridized carbons (Fsp3) is 0.409. The Morgan fingerprint density at radius 2 is 1.92 bits per heavy atom. The number of anilines is 1. The quantitative estimate of drug-likeness (QED) is 0.718. The summed E-state index contributed by atoms with van der Waals surface area (Å²) < 4.78 is 1.05. The highest BCUT2D eigenvalue weighted by atomic mass is 79.9. The maximum atomic E-state index is 12.7. The molecule has 3 atom stereocenters. The Morgan fingerprint density at radius 3 is 2.69 bits per heavy atom. The molecule has 1 N–H and O–H groups in total. The zero-order valence-corrected chi connectivity index (χ0v) is 16.7. The third-order valence-corrected chi connectivity index (χ3v) is 6.23. The molecule has 4 heteroatoms. The summed E-state index contributed by atoms with van der Waals surface area (Å²) in [5, 5.41) is 3.13. The van der Waals surface area contributed by atoms with Gasteiger partial charge in [0.15, 0.2) is 0 Å². The van der Waals surface area contributed by atoms with Crippen molar-refractivity contribution in [1.29, 1.82) is 0 Å². The molecule has 0 saturated heterocycles. The Morgan fingerprint density at radius 1 is 1.12 bits per heavy atom. The van der Waals surface area contributed by atoms with Crippen molar-refractivity contribution >= 4 is 27.5 Å². The second-order valence-electron chi connectivity index (χ2n) is 7.69. The largest absolute Gasteiger partial charge is 0.325 e. The first-order valence-electron chi connectivity index (χ1n) is 9.52. The minimum absolute atomic E-state index is 0.0882. The minimum atomic E-state index is 0.0882. The Hall–Kier alpha value is -1.65. The van der Waals surface area contributed by atoms with Crippen LogP contribution in [0.1, 0.15) is 49.8 Å². The molecule has 0 spiro atoms. The summed E-state index contributed by atoms with van der Waals surface area (Å²) in [5.74, 6) is 0.809. The maximum Gasteiger partial charge on any atom is 0.238 e. The van der Waals surface area contributed by atoms with E-state index in [1.54, 1.807) is 0 Å². The number of amides is 1. The number of hydrogen-bond acceptors (Lipinski definition) is 2. The van der Waals surface area contributed by atoms with Gasteiger partial charge in [-0.15, -0.1) is 0 Å². The van der Waals surface area contributed by atoms with Crippen molar-refractivity contribution in [3.8, 4) is 0 Å². The molecular formula is C22H25BrN2O. The molecule has 0 radical (unpaired) electrons. The summed E-state index contributed by atoms with van der Waals surface area (Å²) in [6.07, 6.45) is 4.88. The first kappa shape index (κ1) is 17.7. The molecule has 3 nitrogen and oxygen atoms in total. The van der Waals surface area contributed by atoms with Gasteiger partial charge in [0.2, 0.25) is 5.91 Å². The van der Waals surface area contributed by atoms with Crippen molar-refractivity contribution in [2.45, 2.75) is 44.7 Å². The number of hydrogen-bond donors (Lipinski definition) is 1. The number of halogens is 1. The van der Waals surface area contributed by atoms with Gasteiger partial charge in [-0.2, -0.15) is 0 Å². The van der Waals surface area contributed by atoms with Crippen molar-refractivity contribution < 1.29 is 4.79 Å². The SMILES string of the molecule is CC1CCCC(N2CC(=O)Nc3ccc(Br)cc3C2c2ccccc2)C1. The van der Waals surface area contributed by atoms with E-state index < -0.39 is 0 Å². The molecule has 136 valence electrons. The van der Waals surface area contributed by atoms with Gasteiger partial charge in [-0.3, -0.25) is 9.69 Å². The van der Waals surface area contributed by atoms with Crippen LogP contribution in [0.5, 0.6) is 0 Å². The summed E-state index contributed by atoms with van der Waals surface area (Å²) in [4.78, 5) is 15.1.